The average Bonchev–Trinajstić information content (AvgIpc) is 3.30. The summed E-state index contributed by atoms with van der Waals surface area (Å²) in [6.07, 6.45) is 4.08. The largest absolute Gasteiger partial charge is 0.354 e. The van der Waals surface area contributed by atoms with E-state index in [1.807, 2.05) is 17.2 Å². The van der Waals surface area contributed by atoms with E-state index in [4.69, 9.17) is 0 Å². The standard InChI is InChI=1S/C19H27N5O/c1-14(2)22-7-9-23(10-8-22)18-12-15-11-16(21-17(15)13-20-18)19(25)24-5-3-4-6-24/h11-14,21H,3-10H2,1-2H3. The molecule has 0 unspecified atom stereocenters. The molecule has 4 heterocycles. The molecule has 6 nitrogen and oxygen atoms in total. The Kier molecular flexibility index (Phi) is 4.37. The fourth-order valence-corrected chi connectivity index (χ4v) is 3.87. The number of nitrogens with zero attached hydrogens (tertiary/aromatic N) is 4. The van der Waals surface area contributed by atoms with Crippen LogP contribution in [-0.2, 0) is 0 Å². The molecule has 0 spiro atoms. The van der Waals surface area contributed by atoms with Crippen LogP contribution in [0.15, 0.2) is 18.3 Å². The quantitative estimate of drug-likeness (QED) is 0.931. The summed E-state index contributed by atoms with van der Waals surface area (Å²) in [5.41, 5.74) is 1.62. The highest BCUT2D eigenvalue weighted by atomic mass is 16.2. The summed E-state index contributed by atoms with van der Waals surface area (Å²) in [5.74, 6) is 1.12. The van der Waals surface area contributed by atoms with E-state index in [2.05, 4.69) is 39.7 Å². The predicted molar refractivity (Wildman–Crippen MR) is 100 cm³/mol. The van der Waals surface area contributed by atoms with Crippen molar-refractivity contribution in [3.05, 3.63) is 24.0 Å². The number of nitrogens with one attached hydrogen (secondary N) is 1. The normalized spacial score (nSPS) is 19.3. The molecular formula is C19H27N5O. The molecule has 1 amide bonds. The minimum Gasteiger partial charge on any atom is -0.354 e. The van der Waals surface area contributed by atoms with E-state index in [-0.39, 0.29) is 5.91 Å². The van der Waals surface area contributed by atoms with Crippen molar-refractivity contribution in [1.29, 1.82) is 0 Å². The van der Waals surface area contributed by atoms with Crippen LogP contribution in [0.25, 0.3) is 10.9 Å². The highest BCUT2D eigenvalue weighted by Gasteiger charge is 2.22. The van der Waals surface area contributed by atoms with Crippen molar-refractivity contribution < 1.29 is 4.79 Å². The molecule has 2 aliphatic heterocycles. The van der Waals surface area contributed by atoms with Crippen LogP contribution in [0.3, 0.4) is 0 Å². The predicted octanol–water partition coefficient (Wildman–Crippen LogP) is 2.33. The monoisotopic (exact) mass is 341 g/mol. The van der Waals surface area contributed by atoms with Crippen molar-refractivity contribution in [3.8, 4) is 0 Å². The Balaban J connectivity index is 1.51. The average molecular weight is 341 g/mol. The number of anilines is 1. The van der Waals surface area contributed by atoms with Gasteiger partial charge in [0, 0.05) is 50.7 Å². The van der Waals surface area contributed by atoms with E-state index in [1.54, 1.807) is 0 Å². The van der Waals surface area contributed by atoms with Crippen molar-refractivity contribution in [2.75, 3.05) is 44.2 Å². The van der Waals surface area contributed by atoms with Crippen LogP contribution in [-0.4, -0.2) is 71.0 Å². The second kappa shape index (κ2) is 6.67. The summed E-state index contributed by atoms with van der Waals surface area (Å²) in [4.78, 5) is 27.2. The number of hydrogen-bond acceptors (Lipinski definition) is 4. The lowest BCUT2D eigenvalue weighted by atomic mass is 10.2. The van der Waals surface area contributed by atoms with Gasteiger partial charge in [0.15, 0.2) is 0 Å². The Labute approximate surface area is 148 Å². The van der Waals surface area contributed by atoms with Gasteiger partial charge in [-0.25, -0.2) is 4.98 Å². The summed E-state index contributed by atoms with van der Waals surface area (Å²) >= 11 is 0. The Hall–Kier alpha value is -2.08. The smallest absolute Gasteiger partial charge is 0.270 e. The van der Waals surface area contributed by atoms with Gasteiger partial charge in [-0.2, -0.15) is 0 Å². The third-order valence-electron chi connectivity index (χ3n) is 5.48. The number of piperazine rings is 1. The summed E-state index contributed by atoms with van der Waals surface area (Å²) < 4.78 is 0. The van der Waals surface area contributed by atoms with Gasteiger partial charge < -0.3 is 14.8 Å². The van der Waals surface area contributed by atoms with E-state index in [0.717, 1.165) is 68.8 Å². The number of carbonyl (C=O) groups is 1. The van der Waals surface area contributed by atoms with Crippen LogP contribution in [0.5, 0.6) is 0 Å². The molecule has 0 atom stereocenters. The molecule has 0 saturated carbocycles. The number of H-pyrrole nitrogens is 1. The highest BCUT2D eigenvalue weighted by molar-refractivity contribution is 5.98. The Morgan fingerprint density at radius 3 is 2.48 bits per heavy atom. The van der Waals surface area contributed by atoms with Gasteiger partial charge in [-0.1, -0.05) is 0 Å². The van der Waals surface area contributed by atoms with E-state index in [9.17, 15) is 4.79 Å². The molecule has 2 aromatic rings. The second-order valence-corrected chi connectivity index (χ2v) is 7.43. The Morgan fingerprint density at radius 1 is 1.08 bits per heavy atom. The zero-order valence-corrected chi connectivity index (χ0v) is 15.2. The van der Waals surface area contributed by atoms with Crippen molar-refractivity contribution in [1.82, 2.24) is 19.8 Å². The zero-order valence-electron chi connectivity index (χ0n) is 15.2. The van der Waals surface area contributed by atoms with Gasteiger partial charge in [0.25, 0.3) is 5.91 Å². The molecule has 0 radical (unpaired) electrons. The third-order valence-corrected chi connectivity index (χ3v) is 5.48. The first kappa shape index (κ1) is 16.4. The van der Waals surface area contributed by atoms with Gasteiger partial charge in [-0.05, 0) is 38.8 Å². The molecule has 0 aliphatic carbocycles. The highest BCUT2D eigenvalue weighted by Crippen LogP contribution is 2.23. The van der Waals surface area contributed by atoms with Crippen LogP contribution in [0.1, 0.15) is 37.2 Å². The molecule has 2 saturated heterocycles. The molecule has 134 valence electrons. The number of pyridine rings is 1. The number of rotatable bonds is 3. The fraction of sp³-hybridized carbons (Fsp3) is 0.579. The van der Waals surface area contributed by atoms with Gasteiger partial charge in [-0.15, -0.1) is 0 Å². The summed E-state index contributed by atoms with van der Waals surface area (Å²) in [7, 11) is 0. The summed E-state index contributed by atoms with van der Waals surface area (Å²) in [6.45, 7) is 10.4. The Bertz CT molecular complexity index is 754. The van der Waals surface area contributed by atoms with Crippen LogP contribution in [0.4, 0.5) is 5.82 Å². The van der Waals surface area contributed by atoms with E-state index < -0.39 is 0 Å². The van der Waals surface area contributed by atoms with Gasteiger partial charge in [0.1, 0.15) is 11.5 Å². The van der Waals surface area contributed by atoms with E-state index in [1.165, 1.54) is 0 Å². The molecule has 4 rings (SSSR count). The first-order valence-electron chi connectivity index (χ1n) is 9.39. The molecule has 0 bridgehead atoms. The lowest BCUT2D eigenvalue weighted by molar-refractivity contribution is 0.0788. The van der Waals surface area contributed by atoms with Gasteiger partial charge in [-0.3, -0.25) is 9.69 Å². The second-order valence-electron chi connectivity index (χ2n) is 7.43. The van der Waals surface area contributed by atoms with Crippen molar-refractivity contribution in [2.45, 2.75) is 32.7 Å². The van der Waals surface area contributed by atoms with E-state index in [0.29, 0.717) is 11.7 Å². The lowest BCUT2D eigenvalue weighted by Crippen LogP contribution is -2.49. The molecule has 2 aliphatic rings. The number of aromatic nitrogens is 2. The van der Waals surface area contributed by atoms with Crippen LogP contribution >= 0.6 is 0 Å². The molecular weight excluding hydrogens is 314 g/mol. The van der Waals surface area contributed by atoms with Gasteiger partial charge in [0.2, 0.25) is 0 Å². The number of fused-ring (bicyclic) bond motifs is 1. The summed E-state index contributed by atoms with van der Waals surface area (Å²) in [5, 5.41) is 1.07. The Morgan fingerprint density at radius 2 is 1.80 bits per heavy atom. The topological polar surface area (TPSA) is 55.5 Å². The van der Waals surface area contributed by atoms with Crippen LogP contribution < -0.4 is 4.90 Å². The molecule has 1 N–H and O–H groups in total. The first-order valence-corrected chi connectivity index (χ1v) is 9.39. The van der Waals surface area contributed by atoms with Crippen molar-refractivity contribution in [2.24, 2.45) is 0 Å². The minimum absolute atomic E-state index is 0.112. The number of carbonyl (C=O) groups excluding carboxylic acids is 1. The number of aromatic amines is 1. The summed E-state index contributed by atoms with van der Waals surface area (Å²) in [6, 6.07) is 4.69. The number of amides is 1. The molecule has 25 heavy (non-hydrogen) atoms. The van der Waals surface area contributed by atoms with E-state index >= 15 is 0 Å². The fourth-order valence-electron chi connectivity index (χ4n) is 3.87. The van der Waals surface area contributed by atoms with Gasteiger partial charge >= 0.3 is 0 Å². The van der Waals surface area contributed by atoms with Crippen molar-refractivity contribution >= 4 is 22.6 Å². The van der Waals surface area contributed by atoms with Gasteiger partial charge in [0.05, 0.1) is 11.7 Å². The molecule has 0 aromatic carbocycles. The first-order chi connectivity index (χ1) is 12.1. The number of likely N-dealkylation sites (tertiary alicyclic amines) is 1. The molecule has 2 fully saturated rings. The maximum Gasteiger partial charge on any atom is 0.270 e. The van der Waals surface area contributed by atoms with Crippen LogP contribution in [0, 0.1) is 0 Å². The third kappa shape index (κ3) is 3.23. The maximum atomic E-state index is 12.6. The molecule has 2 aromatic heterocycles. The van der Waals surface area contributed by atoms with Crippen molar-refractivity contribution in [3.63, 3.8) is 0 Å². The lowest BCUT2D eigenvalue weighted by Gasteiger charge is -2.37. The minimum atomic E-state index is 0.112. The number of hydrogen-bond donors (Lipinski definition) is 1. The van der Waals surface area contributed by atoms with Crippen LogP contribution in [0.2, 0.25) is 0 Å². The zero-order chi connectivity index (χ0) is 17.4. The molecule has 6 heteroatoms. The SMILES string of the molecule is CC(C)N1CCN(c2cc3cc(C(=O)N4CCCC4)[nH]c3cn2)CC1. The maximum absolute atomic E-state index is 12.6.